The van der Waals surface area contributed by atoms with Crippen LogP contribution < -0.4 is 19.7 Å². The van der Waals surface area contributed by atoms with E-state index in [0.29, 0.717) is 37.1 Å². The number of aromatic nitrogens is 1. The highest BCUT2D eigenvalue weighted by Crippen LogP contribution is 2.36. The Balaban J connectivity index is 1.20. The van der Waals surface area contributed by atoms with Gasteiger partial charge in [-0.3, -0.25) is 0 Å². The van der Waals surface area contributed by atoms with Gasteiger partial charge in [0.15, 0.2) is 17.3 Å². The number of pyridine rings is 1. The lowest BCUT2D eigenvalue weighted by atomic mass is 9.93. The van der Waals surface area contributed by atoms with Crippen LogP contribution in [-0.2, 0) is 6.18 Å². The van der Waals surface area contributed by atoms with E-state index in [1.807, 2.05) is 24.3 Å². The zero-order valence-electron chi connectivity index (χ0n) is 16.5. The number of rotatable bonds is 6. The zero-order chi connectivity index (χ0) is 21.0. The second kappa shape index (κ2) is 8.95. The standard InChI is InChI=1S/C22H24F3N3O2/c23-22(24,25)18-4-3-10-27-21(18)28-12-8-16(9-13-28)7-11-26-14-17-15-29-19-5-1-2-6-20(19)30-17/h1-6,10,15-16,26H,7-9,11-14H2. The van der Waals surface area contributed by atoms with Crippen molar-refractivity contribution in [2.45, 2.75) is 25.4 Å². The van der Waals surface area contributed by atoms with E-state index in [1.54, 1.807) is 11.2 Å². The Morgan fingerprint density at radius 3 is 2.60 bits per heavy atom. The number of piperidine rings is 1. The number of nitrogens with one attached hydrogen (secondary N) is 1. The van der Waals surface area contributed by atoms with E-state index in [-0.39, 0.29) is 5.82 Å². The van der Waals surface area contributed by atoms with Gasteiger partial charge in [0.1, 0.15) is 12.1 Å². The Labute approximate surface area is 173 Å². The Morgan fingerprint density at radius 2 is 1.83 bits per heavy atom. The average molecular weight is 419 g/mol. The van der Waals surface area contributed by atoms with Crippen LogP contribution in [0.4, 0.5) is 19.0 Å². The number of para-hydroxylation sites is 2. The molecule has 0 saturated carbocycles. The molecule has 0 unspecified atom stereocenters. The summed E-state index contributed by atoms with van der Waals surface area (Å²) < 4.78 is 51.0. The molecule has 2 aliphatic heterocycles. The van der Waals surface area contributed by atoms with Crippen LogP contribution in [0.3, 0.4) is 0 Å². The van der Waals surface area contributed by atoms with Gasteiger partial charge in [-0.2, -0.15) is 13.2 Å². The summed E-state index contributed by atoms with van der Waals surface area (Å²) in [4.78, 5) is 5.75. The van der Waals surface area contributed by atoms with Crippen molar-refractivity contribution in [2.75, 3.05) is 31.1 Å². The van der Waals surface area contributed by atoms with Crippen molar-refractivity contribution >= 4 is 5.82 Å². The number of hydrogen-bond acceptors (Lipinski definition) is 5. The summed E-state index contributed by atoms with van der Waals surface area (Å²) in [5, 5.41) is 3.36. The van der Waals surface area contributed by atoms with Crippen molar-refractivity contribution in [3.63, 3.8) is 0 Å². The minimum absolute atomic E-state index is 0.0447. The lowest BCUT2D eigenvalue weighted by molar-refractivity contribution is -0.137. The van der Waals surface area contributed by atoms with E-state index < -0.39 is 11.7 Å². The highest BCUT2D eigenvalue weighted by Gasteiger charge is 2.36. The fourth-order valence-electron chi connectivity index (χ4n) is 3.83. The van der Waals surface area contributed by atoms with Gasteiger partial charge in [-0.15, -0.1) is 0 Å². The molecule has 5 nitrogen and oxygen atoms in total. The lowest BCUT2D eigenvalue weighted by Gasteiger charge is -2.34. The average Bonchev–Trinajstić information content (AvgIpc) is 2.76. The maximum atomic E-state index is 13.2. The van der Waals surface area contributed by atoms with Crippen LogP contribution in [0.25, 0.3) is 0 Å². The van der Waals surface area contributed by atoms with Crippen LogP contribution in [0.2, 0.25) is 0 Å². The number of hydrogen-bond donors (Lipinski definition) is 1. The summed E-state index contributed by atoms with van der Waals surface area (Å²) in [5.41, 5.74) is -0.658. The summed E-state index contributed by atoms with van der Waals surface area (Å²) in [6.07, 6.45) is 1.32. The first-order chi connectivity index (χ1) is 14.5. The first-order valence-corrected chi connectivity index (χ1v) is 10.1. The summed E-state index contributed by atoms with van der Waals surface area (Å²) in [5.74, 6) is 2.65. The molecule has 2 aromatic rings. The van der Waals surface area contributed by atoms with E-state index in [1.165, 1.54) is 12.3 Å². The van der Waals surface area contributed by atoms with Gasteiger partial charge in [-0.1, -0.05) is 12.1 Å². The lowest BCUT2D eigenvalue weighted by Crippen LogP contribution is -2.36. The fraction of sp³-hybridized carbons (Fsp3) is 0.409. The molecule has 0 aliphatic carbocycles. The normalized spacial score (nSPS) is 17.0. The third-order valence-corrected chi connectivity index (χ3v) is 5.44. The van der Waals surface area contributed by atoms with Gasteiger partial charge in [0.25, 0.3) is 0 Å². The molecule has 1 aromatic heterocycles. The molecular weight excluding hydrogens is 395 g/mol. The third-order valence-electron chi connectivity index (χ3n) is 5.44. The number of alkyl halides is 3. The smallest absolute Gasteiger partial charge is 0.419 e. The molecule has 1 N–H and O–H groups in total. The Kier molecular flexibility index (Phi) is 6.13. The van der Waals surface area contributed by atoms with Gasteiger partial charge in [0.05, 0.1) is 12.1 Å². The van der Waals surface area contributed by atoms with Crippen molar-refractivity contribution in [2.24, 2.45) is 5.92 Å². The molecular formula is C22H24F3N3O2. The molecule has 1 saturated heterocycles. The molecule has 0 amide bonds. The van der Waals surface area contributed by atoms with Gasteiger partial charge >= 0.3 is 6.18 Å². The number of halogens is 3. The first-order valence-electron chi connectivity index (χ1n) is 10.1. The van der Waals surface area contributed by atoms with Gasteiger partial charge in [0, 0.05) is 19.3 Å². The topological polar surface area (TPSA) is 46.6 Å². The van der Waals surface area contributed by atoms with Crippen molar-refractivity contribution < 1.29 is 22.6 Å². The Bertz CT molecular complexity index is 893. The van der Waals surface area contributed by atoms with E-state index in [0.717, 1.165) is 37.6 Å². The predicted molar refractivity (Wildman–Crippen MR) is 107 cm³/mol. The Hall–Kier alpha value is -2.74. The molecule has 2 aliphatic rings. The van der Waals surface area contributed by atoms with Crippen molar-refractivity contribution in [3.05, 3.63) is 60.2 Å². The molecule has 0 bridgehead atoms. The summed E-state index contributed by atoms with van der Waals surface area (Å²) in [6, 6.07) is 9.94. The molecule has 3 heterocycles. The van der Waals surface area contributed by atoms with E-state index in [4.69, 9.17) is 9.47 Å². The quantitative estimate of drug-likeness (QED) is 0.693. The fourth-order valence-corrected chi connectivity index (χ4v) is 3.83. The summed E-state index contributed by atoms with van der Waals surface area (Å²) >= 11 is 0. The largest absolute Gasteiger partial charge is 0.457 e. The van der Waals surface area contributed by atoms with Gasteiger partial charge in [-0.25, -0.2) is 4.98 Å². The van der Waals surface area contributed by atoms with Crippen molar-refractivity contribution in [1.82, 2.24) is 10.3 Å². The van der Waals surface area contributed by atoms with Gasteiger partial charge in [0.2, 0.25) is 0 Å². The highest BCUT2D eigenvalue weighted by molar-refractivity contribution is 5.48. The molecule has 1 aromatic carbocycles. The van der Waals surface area contributed by atoms with Crippen LogP contribution in [0, 0.1) is 5.92 Å². The number of nitrogens with zero attached hydrogens (tertiary/aromatic N) is 2. The molecule has 1 fully saturated rings. The van der Waals surface area contributed by atoms with Crippen LogP contribution in [0.5, 0.6) is 11.5 Å². The molecule has 8 heteroatoms. The van der Waals surface area contributed by atoms with Gasteiger partial charge in [-0.05, 0) is 56.0 Å². The number of fused-ring (bicyclic) bond motifs is 1. The summed E-state index contributed by atoms with van der Waals surface area (Å²) in [7, 11) is 0. The molecule has 4 rings (SSSR count). The molecule has 0 radical (unpaired) electrons. The maximum absolute atomic E-state index is 13.2. The monoisotopic (exact) mass is 419 g/mol. The third kappa shape index (κ3) is 4.87. The zero-order valence-corrected chi connectivity index (χ0v) is 16.5. The van der Waals surface area contributed by atoms with Crippen LogP contribution in [0.1, 0.15) is 24.8 Å². The second-order valence-corrected chi connectivity index (χ2v) is 7.52. The molecule has 0 atom stereocenters. The Morgan fingerprint density at radius 1 is 1.07 bits per heavy atom. The van der Waals surface area contributed by atoms with E-state index in [9.17, 15) is 13.2 Å². The van der Waals surface area contributed by atoms with Crippen LogP contribution >= 0.6 is 0 Å². The predicted octanol–water partition coefficient (Wildman–Crippen LogP) is 4.61. The minimum Gasteiger partial charge on any atom is -0.457 e. The maximum Gasteiger partial charge on any atom is 0.419 e. The number of benzene rings is 1. The number of ether oxygens (including phenoxy) is 2. The first kappa shape index (κ1) is 20.5. The highest BCUT2D eigenvalue weighted by atomic mass is 19.4. The van der Waals surface area contributed by atoms with Gasteiger partial charge < -0.3 is 19.7 Å². The SMILES string of the molecule is FC(F)(F)c1cccnc1N1CCC(CCNCC2=COc3ccccc3O2)CC1. The number of anilines is 1. The minimum atomic E-state index is -4.38. The second-order valence-electron chi connectivity index (χ2n) is 7.52. The molecule has 160 valence electrons. The molecule has 0 spiro atoms. The van der Waals surface area contributed by atoms with E-state index in [2.05, 4.69) is 10.3 Å². The summed E-state index contributed by atoms with van der Waals surface area (Å²) in [6.45, 7) is 2.55. The molecule has 30 heavy (non-hydrogen) atoms. The van der Waals surface area contributed by atoms with Crippen molar-refractivity contribution in [3.8, 4) is 11.5 Å². The van der Waals surface area contributed by atoms with Crippen molar-refractivity contribution in [1.29, 1.82) is 0 Å². The van der Waals surface area contributed by atoms with E-state index >= 15 is 0 Å². The van der Waals surface area contributed by atoms with Crippen LogP contribution in [-0.4, -0.2) is 31.2 Å². The van der Waals surface area contributed by atoms with Crippen LogP contribution in [0.15, 0.2) is 54.6 Å².